The van der Waals surface area contributed by atoms with Crippen molar-refractivity contribution in [2.45, 2.75) is 39.3 Å². The van der Waals surface area contributed by atoms with Gasteiger partial charge in [-0.1, -0.05) is 62.2 Å². The Kier molecular flexibility index (Phi) is 7.25. The third kappa shape index (κ3) is 5.55. The van der Waals surface area contributed by atoms with Gasteiger partial charge < -0.3 is 9.90 Å². The van der Waals surface area contributed by atoms with Crippen molar-refractivity contribution in [3.8, 4) is 0 Å². The van der Waals surface area contributed by atoms with Crippen LogP contribution in [0.5, 0.6) is 0 Å². The lowest BCUT2D eigenvalue weighted by Gasteiger charge is -2.29. The van der Waals surface area contributed by atoms with Gasteiger partial charge >= 0.3 is 6.18 Å². The van der Waals surface area contributed by atoms with Crippen LogP contribution >= 0.6 is 23.2 Å². The van der Waals surface area contributed by atoms with Gasteiger partial charge in [0.25, 0.3) is 0 Å². The summed E-state index contributed by atoms with van der Waals surface area (Å²) in [6.45, 7) is 3.77. The first-order valence-corrected chi connectivity index (χ1v) is 9.86. The van der Waals surface area contributed by atoms with Crippen LogP contribution in [0.15, 0.2) is 42.5 Å². The maximum absolute atomic E-state index is 13.6. The molecule has 2 rings (SSSR count). The number of hydrogen-bond donors (Lipinski definition) is 0. The largest absolute Gasteiger partial charge is 0.550 e. The van der Waals surface area contributed by atoms with E-state index in [1.165, 1.54) is 56.3 Å². The molecule has 0 saturated carbocycles. The van der Waals surface area contributed by atoms with E-state index in [0.29, 0.717) is 5.02 Å². The Morgan fingerprint density at radius 2 is 1.53 bits per heavy atom. The maximum Gasteiger partial charge on any atom is 0.392 e. The van der Waals surface area contributed by atoms with Gasteiger partial charge in [0.1, 0.15) is 0 Å². The van der Waals surface area contributed by atoms with Gasteiger partial charge in [0, 0.05) is 27.0 Å². The lowest BCUT2D eigenvalue weighted by atomic mass is 9.77. The second-order valence-electron chi connectivity index (χ2n) is 7.87. The van der Waals surface area contributed by atoms with Crippen LogP contribution in [-0.2, 0) is 11.2 Å². The molecule has 0 radical (unpaired) electrons. The summed E-state index contributed by atoms with van der Waals surface area (Å²) >= 11 is 11.9. The van der Waals surface area contributed by atoms with Crippen LogP contribution < -0.4 is 5.11 Å². The van der Waals surface area contributed by atoms with E-state index in [0.717, 1.165) is 6.92 Å². The molecule has 2 atom stereocenters. The molecule has 0 aromatic heterocycles. The van der Waals surface area contributed by atoms with E-state index in [1.807, 2.05) is 0 Å². The molecule has 30 heavy (non-hydrogen) atoms. The third-order valence-corrected chi connectivity index (χ3v) is 5.54. The molecule has 0 N–H and O–H groups in total. The van der Waals surface area contributed by atoms with E-state index >= 15 is 0 Å². The van der Waals surface area contributed by atoms with Crippen LogP contribution in [0.4, 0.5) is 13.2 Å². The van der Waals surface area contributed by atoms with E-state index in [4.69, 9.17) is 23.2 Å². The van der Waals surface area contributed by atoms with Crippen molar-refractivity contribution in [1.82, 2.24) is 0 Å². The molecular weight excluding hydrogens is 440 g/mol. The smallest absolute Gasteiger partial charge is 0.392 e. The Bertz CT molecular complexity index is 938. The number of carbonyl (C=O) groups is 2. The molecule has 0 fully saturated rings. The van der Waals surface area contributed by atoms with E-state index < -0.39 is 35.2 Å². The molecule has 2 aromatic rings. The van der Waals surface area contributed by atoms with Gasteiger partial charge in [-0.3, -0.25) is 4.79 Å². The zero-order valence-corrected chi connectivity index (χ0v) is 18.0. The quantitative estimate of drug-likeness (QED) is 0.515. The highest BCUT2D eigenvalue weighted by molar-refractivity contribution is 6.31. The predicted octanol–water partition coefficient (Wildman–Crippen LogP) is 5.48. The summed E-state index contributed by atoms with van der Waals surface area (Å²) in [5, 5.41) is 11.9. The highest BCUT2D eigenvalue weighted by Crippen LogP contribution is 2.40. The summed E-state index contributed by atoms with van der Waals surface area (Å²) in [4.78, 5) is 24.8. The minimum absolute atomic E-state index is 0.0483. The Labute approximate surface area is 182 Å². The predicted molar refractivity (Wildman–Crippen MR) is 108 cm³/mol. The molecule has 0 bridgehead atoms. The molecule has 0 aliphatic rings. The van der Waals surface area contributed by atoms with Gasteiger partial charge in [-0.15, -0.1) is 0 Å². The van der Waals surface area contributed by atoms with Gasteiger partial charge in [-0.25, -0.2) is 0 Å². The van der Waals surface area contributed by atoms with Crippen LogP contribution in [0.2, 0.25) is 10.0 Å². The van der Waals surface area contributed by atoms with E-state index in [1.54, 1.807) is 0 Å². The molecule has 0 amide bonds. The molecule has 0 heterocycles. The molecule has 0 aliphatic carbocycles. The normalized spacial score (nSPS) is 14.3. The summed E-state index contributed by atoms with van der Waals surface area (Å²) in [6, 6.07) is 9.78. The van der Waals surface area contributed by atoms with Gasteiger partial charge in [0.05, 0.1) is 11.8 Å². The van der Waals surface area contributed by atoms with Crippen molar-refractivity contribution in [3.63, 3.8) is 0 Å². The number of benzene rings is 2. The zero-order valence-electron chi connectivity index (χ0n) is 16.5. The van der Waals surface area contributed by atoms with Crippen molar-refractivity contribution < 1.29 is 27.9 Å². The third-order valence-electron chi connectivity index (χ3n) is 5.05. The second-order valence-corrected chi connectivity index (χ2v) is 8.75. The molecule has 162 valence electrons. The maximum atomic E-state index is 13.6. The minimum Gasteiger partial charge on any atom is -0.550 e. The summed E-state index contributed by atoms with van der Waals surface area (Å²) in [7, 11) is 0. The average molecular weight is 460 g/mol. The monoisotopic (exact) mass is 459 g/mol. The number of carboxylic acids is 1. The average Bonchev–Trinajstić information content (AvgIpc) is 2.63. The van der Waals surface area contributed by atoms with Crippen LogP contribution in [0.25, 0.3) is 0 Å². The molecule has 0 saturated heterocycles. The van der Waals surface area contributed by atoms with Crippen LogP contribution in [0, 0.1) is 11.3 Å². The van der Waals surface area contributed by atoms with E-state index in [9.17, 15) is 27.9 Å². The molecule has 0 unspecified atom stereocenters. The Morgan fingerprint density at radius 1 is 1.00 bits per heavy atom. The first kappa shape index (κ1) is 24.2. The lowest BCUT2D eigenvalue weighted by Crippen LogP contribution is -2.40. The van der Waals surface area contributed by atoms with Crippen molar-refractivity contribution in [1.29, 1.82) is 0 Å². The summed E-state index contributed by atoms with van der Waals surface area (Å²) in [5.74, 6) is -5.68. The number of hydrogen-bond acceptors (Lipinski definition) is 3. The number of alkyl halides is 3. The number of halogens is 5. The van der Waals surface area contributed by atoms with Crippen molar-refractivity contribution in [2.75, 3.05) is 0 Å². The Morgan fingerprint density at radius 3 is 2.03 bits per heavy atom. The molecule has 2 aromatic carbocycles. The van der Waals surface area contributed by atoms with Gasteiger partial charge in [0.15, 0.2) is 5.78 Å². The van der Waals surface area contributed by atoms with Gasteiger partial charge in [-0.2, -0.15) is 13.2 Å². The zero-order chi connectivity index (χ0) is 22.9. The molecular formula is C22H20Cl2F3O3-. The topological polar surface area (TPSA) is 57.2 Å². The number of carbonyl (C=O) groups excluding carboxylic acids is 2. The first-order chi connectivity index (χ1) is 13.7. The number of carboxylic acid groups (broad SMARTS) is 1. The highest BCUT2D eigenvalue weighted by atomic mass is 35.5. The highest BCUT2D eigenvalue weighted by Gasteiger charge is 2.45. The fraction of sp³-hybridized carbons (Fsp3) is 0.364. The van der Waals surface area contributed by atoms with E-state index in [2.05, 4.69) is 0 Å². The van der Waals surface area contributed by atoms with Crippen molar-refractivity contribution in [2.24, 2.45) is 11.3 Å². The molecule has 3 nitrogen and oxygen atoms in total. The first-order valence-electron chi connectivity index (χ1n) is 9.10. The standard InChI is InChI=1S/C22H21Cl2F3O3/c1-12(22(25,26)27)18(13-4-7-15(23)8-5-13)19(28)17-10-16(24)9-6-14(17)11-21(2,3)20(29)30/h4-10,12,18H,11H2,1-3H3,(H,29,30)/p-1/t12-,18+/m1/s1. The fourth-order valence-electron chi connectivity index (χ4n) is 3.17. The SMILES string of the molecule is C[C@H]([C@H](C(=O)c1cc(Cl)ccc1CC(C)(C)C(=O)[O-])c1ccc(Cl)cc1)C(F)(F)F. The fourth-order valence-corrected chi connectivity index (χ4v) is 3.47. The molecule has 8 heteroatoms. The number of Topliss-reactive ketones (excluding diaryl/α,β-unsaturated/α-hetero) is 1. The van der Waals surface area contributed by atoms with Crippen LogP contribution in [0.3, 0.4) is 0 Å². The summed E-state index contributed by atoms with van der Waals surface area (Å²) in [6.07, 6.45) is -4.75. The second kappa shape index (κ2) is 8.98. The number of rotatable bonds is 7. The Balaban J connectivity index is 2.61. The van der Waals surface area contributed by atoms with Crippen LogP contribution in [0.1, 0.15) is 48.2 Å². The van der Waals surface area contributed by atoms with Gasteiger partial charge in [0.2, 0.25) is 0 Å². The minimum atomic E-state index is -4.64. The van der Waals surface area contributed by atoms with E-state index in [-0.39, 0.29) is 28.1 Å². The number of ketones is 1. The summed E-state index contributed by atoms with van der Waals surface area (Å²) in [5.41, 5.74) is -0.951. The molecule has 0 aliphatic heterocycles. The molecule has 0 spiro atoms. The van der Waals surface area contributed by atoms with Crippen molar-refractivity contribution >= 4 is 35.0 Å². The van der Waals surface area contributed by atoms with Gasteiger partial charge in [-0.05, 0) is 41.8 Å². The Hall–Kier alpha value is -2.05. The van der Waals surface area contributed by atoms with Crippen LogP contribution in [-0.4, -0.2) is 17.9 Å². The lowest BCUT2D eigenvalue weighted by molar-refractivity contribution is -0.317. The number of aliphatic carboxylic acids is 1. The summed E-state index contributed by atoms with van der Waals surface area (Å²) < 4.78 is 40.8. The van der Waals surface area contributed by atoms with Crippen molar-refractivity contribution in [3.05, 3.63) is 69.2 Å².